The van der Waals surface area contributed by atoms with E-state index in [-0.39, 0.29) is 0 Å². The molecule has 1 saturated heterocycles. The quantitative estimate of drug-likeness (QED) is 0.806. The van der Waals surface area contributed by atoms with Crippen LogP contribution in [0.1, 0.15) is 42.1 Å². The molecule has 1 aromatic heterocycles. The zero-order valence-corrected chi connectivity index (χ0v) is 14.2. The van der Waals surface area contributed by atoms with Crippen LogP contribution in [0.2, 0.25) is 0 Å². The van der Waals surface area contributed by atoms with Crippen LogP contribution in [0.25, 0.3) is 0 Å². The first kappa shape index (κ1) is 17.9. The molecule has 2 heterocycles. The average Bonchev–Trinajstić information content (AvgIpc) is 2.98. The summed E-state index contributed by atoms with van der Waals surface area (Å²) >= 11 is 0. The van der Waals surface area contributed by atoms with E-state index in [0.29, 0.717) is 36.2 Å². The number of aromatic nitrogens is 2. The van der Waals surface area contributed by atoms with E-state index in [9.17, 15) is 13.2 Å². The third kappa shape index (κ3) is 4.81. The number of rotatable bonds is 5. The molecule has 25 heavy (non-hydrogen) atoms. The second kappa shape index (κ2) is 7.56. The lowest BCUT2D eigenvalue weighted by atomic mass is 9.90. The van der Waals surface area contributed by atoms with Crippen LogP contribution in [-0.2, 0) is 19.1 Å². The standard InChI is InChI=1S/C18H22F3N3O/c1-13-22-17(23-25-13)12-24-10-4-5-14(11-24)8-9-15-6-2-3-7-16(15)18(19,20)21/h2-3,6-7,14H,4-5,8-12H2,1H3/t14-/m1/s1. The maximum absolute atomic E-state index is 13.1. The zero-order chi connectivity index (χ0) is 17.9. The average molecular weight is 353 g/mol. The minimum Gasteiger partial charge on any atom is -0.340 e. The first-order chi connectivity index (χ1) is 11.9. The molecule has 1 aromatic carbocycles. The van der Waals surface area contributed by atoms with Crippen molar-refractivity contribution >= 4 is 0 Å². The molecule has 0 unspecified atom stereocenters. The number of piperidine rings is 1. The molecular formula is C18H22F3N3O. The third-order valence-corrected chi connectivity index (χ3v) is 4.68. The van der Waals surface area contributed by atoms with Gasteiger partial charge in [-0.05, 0) is 49.8 Å². The summed E-state index contributed by atoms with van der Waals surface area (Å²) in [7, 11) is 0. The van der Waals surface area contributed by atoms with Gasteiger partial charge < -0.3 is 4.52 Å². The number of hydrogen-bond donors (Lipinski definition) is 0. The molecule has 1 aliphatic heterocycles. The summed E-state index contributed by atoms with van der Waals surface area (Å²) in [6, 6.07) is 5.88. The normalized spacial score (nSPS) is 19.3. The van der Waals surface area contributed by atoms with Gasteiger partial charge in [-0.25, -0.2) is 0 Å². The Bertz CT molecular complexity index is 699. The topological polar surface area (TPSA) is 42.2 Å². The predicted molar refractivity (Wildman–Crippen MR) is 86.8 cm³/mol. The lowest BCUT2D eigenvalue weighted by Crippen LogP contribution is -2.35. The highest BCUT2D eigenvalue weighted by Gasteiger charge is 2.33. The van der Waals surface area contributed by atoms with Crippen molar-refractivity contribution in [2.45, 2.75) is 45.3 Å². The highest BCUT2D eigenvalue weighted by Crippen LogP contribution is 2.33. The summed E-state index contributed by atoms with van der Waals surface area (Å²) in [6.07, 6.45) is -0.978. The molecule has 1 fully saturated rings. The molecule has 0 amide bonds. The Hall–Kier alpha value is -1.89. The minimum absolute atomic E-state index is 0.390. The Kier molecular flexibility index (Phi) is 5.42. The zero-order valence-electron chi connectivity index (χ0n) is 14.2. The summed E-state index contributed by atoms with van der Waals surface area (Å²) < 4.78 is 44.3. The number of nitrogens with zero attached hydrogens (tertiary/aromatic N) is 3. The molecule has 3 rings (SSSR count). The highest BCUT2D eigenvalue weighted by atomic mass is 19.4. The van der Waals surface area contributed by atoms with Crippen LogP contribution < -0.4 is 0 Å². The van der Waals surface area contributed by atoms with E-state index in [1.165, 1.54) is 12.1 Å². The Balaban J connectivity index is 1.57. The number of alkyl halides is 3. The molecule has 2 aromatic rings. The number of halogens is 3. The Labute approximate surface area is 145 Å². The molecule has 0 N–H and O–H groups in total. The predicted octanol–water partition coefficient (Wildman–Crippen LogP) is 4.24. The second-order valence-electron chi connectivity index (χ2n) is 6.67. The van der Waals surface area contributed by atoms with Crippen LogP contribution in [-0.4, -0.2) is 28.1 Å². The van der Waals surface area contributed by atoms with E-state index >= 15 is 0 Å². The first-order valence-electron chi connectivity index (χ1n) is 8.58. The van der Waals surface area contributed by atoms with Gasteiger partial charge in [-0.15, -0.1) is 0 Å². The van der Waals surface area contributed by atoms with Crippen LogP contribution >= 0.6 is 0 Å². The van der Waals surface area contributed by atoms with Crippen molar-refractivity contribution in [2.75, 3.05) is 13.1 Å². The lowest BCUT2D eigenvalue weighted by Gasteiger charge is -2.32. The van der Waals surface area contributed by atoms with Gasteiger partial charge in [0, 0.05) is 13.5 Å². The van der Waals surface area contributed by atoms with E-state index in [0.717, 1.165) is 32.4 Å². The van der Waals surface area contributed by atoms with Crippen molar-refractivity contribution in [1.29, 1.82) is 0 Å². The van der Waals surface area contributed by atoms with Crippen molar-refractivity contribution < 1.29 is 17.7 Å². The van der Waals surface area contributed by atoms with Crippen molar-refractivity contribution in [3.8, 4) is 0 Å². The molecule has 0 saturated carbocycles. The first-order valence-corrected chi connectivity index (χ1v) is 8.58. The minimum atomic E-state index is -4.29. The van der Waals surface area contributed by atoms with E-state index in [2.05, 4.69) is 15.0 Å². The van der Waals surface area contributed by atoms with Gasteiger partial charge >= 0.3 is 6.18 Å². The molecule has 136 valence electrons. The van der Waals surface area contributed by atoms with Gasteiger partial charge in [-0.1, -0.05) is 23.4 Å². The second-order valence-corrected chi connectivity index (χ2v) is 6.67. The number of benzene rings is 1. The van der Waals surface area contributed by atoms with E-state index in [1.54, 1.807) is 19.1 Å². The largest absolute Gasteiger partial charge is 0.416 e. The highest BCUT2D eigenvalue weighted by molar-refractivity contribution is 5.29. The van der Waals surface area contributed by atoms with Gasteiger partial charge in [0.2, 0.25) is 5.89 Å². The van der Waals surface area contributed by atoms with Crippen LogP contribution in [0, 0.1) is 12.8 Å². The summed E-state index contributed by atoms with van der Waals surface area (Å²) in [5.74, 6) is 1.61. The van der Waals surface area contributed by atoms with Gasteiger partial charge in [-0.3, -0.25) is 4.90 Å². The Morgan fingerprint density at radius 2 is 2.08 bits per heavy atom. The number of hydrogen-bond acceptors (Lipinski definition) is 4. The lowest BCUT2D eigenvalue weighted by molar-refractivity contribution is -0.138. The smallest absolute Gasteiger partial charge is 0.340 e. The van der Waals surface area contributed by atoms with Crippen molar-refractivity contribution in [3.05, 3.63) is 47.1 Å². The number of aryl methyl sites for hydroxylation is 2. The summed E-state index contributed by atoms with van der Waals surface area (Å²) in [4.78, 5) is 6.48. The molecule has 0 aliphatic carbocycles. The molecule has 4 nitrogen and oxygen atoms in total. The van der Waals surface area contributed by atoms with Crippen molar-refractivity contribution in [1.82, 2.24) is 15.0 Å². The molecule has 7 heteroatoms. The third-order valence-electron chi connectivity index (χ3n) is 4.68. The summed E-state index contributed by atoms with van der Waals surface area (Å²) in [5.41, 5.74) is -0.120. The van der Waals surface area contributed by atoms with Gasteiger partial charge in [-0.2, -0.15) is 18.2 Å². The maximum Gasteiger partial charge on any atom is 0.416 e. The molecular weight excluding hydrogens is 331 g/mol. The fourth-order valence-corrected chi connectivity index (χ4v) is 3.51. The van der Waals surface area contributed by atoms with Gasteiger partial charge in [0.1, 0.15) is 0 Å². The van der Waals surface area contributed by atoms with Crippen LogP contribution in [0.3, 0.4) is 0 Å². The number of likely N-dealkylation sites (tertiary alicyclic amines) is 1. The Morgan fingerprint density at radius 1 is 1.28 bits per heavy atom. The van der Waals surface area contributed by atoms with Gasteiger partial charge in [0.05, 0.1) is 12.1 Å². The molecule has 1 aliphatic rings. The van der Waals surface area contributed by atoms with Gasteiger partial charge in [0.25, 0.3) is 0 Å². The van der Waals surface area contributed by atoms with Crippen LogP contribution in [0.4, 0.5) is 13.2 Å². The fraction of sp³-hybridized carbons (Fsp3) is 0.556. The van der Waals surface area contributed by atoms with E-state index < -0.39 is 11.7 Å². The summed E-state index contributed by atoms with van der Waals surface area (Å²) in [6.45, 7) is 4.21. The van der Waals surface area contributed by atoms with Crippen molar-refractivity contribution in [3.63, 3.8) is 0 Å². The van der Waals surface area contributed by atoms with Crippen molar-refractivity contribution in [2.24, 2.45) is 5.92 Å². The van der Waals surface area contributed by atoms with Crippen LogP contribution in [0.5, 0.6) is 0 Å². The molecule has 0 spiro atoms. The monoisotopic (exact) mass is 353 g/mol. The fourth-order valence-electron chi connectivity index (χ4n) is 3.51. The SMILES string of the molecule is Cc1nc(CN2CCC[C@H](CCc3ccccc3C(F)(F)F)C2)no1. The van der Waals surface area contributed by atoms with E-state index in [1.807, 2.05) is 0 Å². The molecule has 1 atom stereocenters. The Morgan fingerprint density at radius 3 is 2.80 bits per heavy atom. The maximum atomic E-state index is 13.1. The van der Waals surface area contributed by atoms with Crippen LogP contribution in [0.15, 0.2) is 28.8 Å². The van der Waals surface area contributed by atoms with E-state index in [4.69, 9.17) is 4.52 Å². The molecule has 0 bridgehead atoms. The summed E-state index contributed by atoms with van der Waals surface area (Å²) in [5, 5.41) is 3.91. The molecule has 0 radical (unpaired) electrons. The van der Waals surface area contributed by atoms with Gasteiger partial charge in [0.15, 0.2) is 5.82 Å².